The van der Waals surface area contributed by atoms with Gasteiger partial charge in [0.25, 0.3) is 0 Å². The Bertz CT molecular complexity index is 1380. The van der Waals surface area contributed by atoms with Gasteiger partial charge in [-0.05, 0) is 25.7 Å². The number of hydrogen-bond acceptors (Lipinski definition) is 13. The van der Waals surface area contributed by atoms with Crippen molar-refractivity contribution < 1.29 is 53.2 Å². The first-order valence-corrected chi connectivity index (χ1v) is 28.4. The predicted octanol–water partition coefficient (Wildman–Crippen LogP) is 6.70. The van der Waals surface area contributed by atoms with Crippen molar-refractivity contribution in [1.82, 2.24) is 21.3 Å². The second-order valence-corrected chi connectivity index (χ2v) is 19.8. The van der Waals surface area contributed by atoms with E-state index < -0.39 is 61.1 Å². The molecule has 0 aliphatic carbocycles. The molecule has 4 atom stereocenters. The summed E-state index contributed by atoms with van der Waals surface area (Å²) in [6.45, 7) is 2.74. The van der Waals surface area contributed by atoms with Crippen molar-refractivity contribution in [1.29, 1.82) is 0 Å². The number of esters is 2. The van der Waals surface area contributed by atoms with Gasteiger partial charge in [-0.1, -0.05) is 174 Å². The molecule has 17 nitrogen and oxygen atoms in total. The van der Waals surface area contributed by atoms with Crippen LogP contribution in [0.1, 0.15) is 219 Å². The van der Waals surface area contributed by atoms with E-state index in [1.54, 1.807) is 0 Å². The van der Waals surface area contributed by atoms with Crippen LogP contribution in [0.25, 0.3) is 0 Å². The molecule has 0 spiro atoms. The van der Waals surface area contributed by atoms with Gasteiger partial charge in [0.1, 0.15) is 24.8 Å². The van der Waals surface area contributed by atoms with Crippen LogP contribution in [0.5, 0.6) is 0 Å². The van der Waals surface area contributed by atoms with E-state index in [1.165, 1.54) is 127 Å². The minimum atomic E-state index is -1.47. The smallest absolute Gasteiger partial charge is 0.306 e. The highest BCUT2D eigenvalue weighted by Crippen LogP contribution is 2.16. The third-order valence-corrected chi connectivity index (χ3v) is 13.3. The number of hydrogen-bond donors (Lipinski definition) is 8. The number of amides is 5. The van der Waals surface area contributed by atoms with Crippen LogP contribution in [0.2, 0.25) is 0 Å². The molecular formula is C52H98N6O11S. The summed E-state index contributed by atoms with van der Waals surface area (Å²) in [6, 6.07) is -3.98. The fourth-order valence-corrected chi connectivity index (χ4v) is 8.70. The molecule has 0 saturated heterocycles. The molecule has 0 fully saturated rings. The summed E-state index contributed by atoms with van der Waals surface area (Å²) in [5.41, 5.74) is 11.2. The SMILES string of the molecule is CCCCCCCCCCCCCCCC(=O)OCC(CSCC(N)C(=O)NC(CO)C(=O)NC(CO)C(=O)NCCCCCC(=O)NCC(N)=O)OC(=O)CCCCCCCCCCCCCCC. The molecule has 0 bridgehead atoms. The third-order valence-electron chi connectivity index (χ3n) is 12.1. The van der Waals surface area contributed by atoms with E-state index in [2.05, 4.69) is 35.1 Å². The van der Waals surface area contributed by atoms with Crippen molar-refractivity contribution in [3.05, 3.63) is 0 Å². The van der Waals surface area contributed by atoms with Crippen LogP contribution in [0.4, 0.5) is 0 Å². The number of carbonyl (C=O) groups excluding carboxylic acids is 7. The lowest BCUT2D eigenvalue weighted by molar-refractivity contribution is -0.157. The van der Waals surface area contributed by atoms with Gasteiger partial charge in [-0.15, -0.1) is 0 Å². The Hall–Kier alpha value is -3.48. The van der Waals surface area contributed by atoms with E-state index in [0.29, 0.717) is 25.7 Å². The highest BCUT2D eigenvalue weighted by atomic mass is 32.2. The van der Waals surface area contributed by atoms with Crippen molar-refractivity contribution >= 4 is 53.2 Å². The topological polar surface area (TPSA) is 279 Å². The van der Waals surface area contributed by atoms with Gasteiger partial charge in [-0.25, -0.2) is 0 Å². The summed E-state index contributed by atoms with van der Waals surface area (Å²) in [5, 5.41) is 29.4. The highest BCUT2D eigenvalue weighted by molar-refractivity contribution is 7.99. The number of rotatable bonds is 50. The van der Waals surface area contributed by atoms with Crippen molar-refractivity contribution in [3.63, 3.8) is 0 Å². The zero-order chi connectivity index (χ0) is 51.9. The Balaban J connectivity index is 4.91. The molecule has 70 heavy (non-hydrogen) atoms. The van der Waals surface area contributed by atoms with Gasteiger partial charge in [0.15, 0.2) is 0 Å². The maximum absolute atomic E-state index is 13.0. The largest absolute Gasteiger partial charge is 0.462 e. The average Bonchev–Trinajstić information content (AvgIpc) is 3.34. The normalized spacial score (nSPS) is 12.9. The lowest BCUT2D eigenvalue weighted by Crippen LogP contribution is -2.58. The first-order valence-electron chi connectivity index (χ1n) is 27.2. The van der Waals surface area contributed by atoms with Crippen LogP contribution in [0.3, 0.4) is 0 Å². The molecule has 5 amide bonds. The molecule has 10 N–H and O–H groups in total. The number of aliphatic hydroxyl groups is 2. The molecule has 0 heterocycles. The number of unbranched alkanes of at least 4 members (excludes halogenated alkanes) is 26. The van der Waals surface area contributed by atoms with E-state index in [4.69, 9.17) is 20.9 Å². The third kappa shape index (κ3) is 41.2. The minimum Gasteiger partial charge on any atom is -0.462 e. The summed E-state index contributed by atoms with van der Waals surface area (Å²) in [5.74, 6) is -3.80. The van der Waals surface area contributed by atoms with Crippen LogP contribution in [-0.4, -0.2) is 120 Å². The van der Waals surface area contributed by atoms with Gasteiger partial charge in [0.05, 0.1) is 25.8 Å². The molecule has 4 unspecified atom stereocenters. The van der Waals surface area contributed by atoms with Gasteiger partial charge in [-0.3, -0.25) is 33.6 Å². The molecule has 0 aliphatic rings. The molecule has 408 valence electrons. The first-order chi connectivity index (χ1) is 33.9. The summed E-state index contributed by atoms with van der Waals surface area (Å²) >= 11 is 1.22. The highest BCUT2D eigenvalue weighted by Gasteiger charge is 2.28. The van der Waals surface area contributed by atoms with Crippen LogP contribution < -0.4 is 32.7 Å². The number of aliphatic hydroxyl groups excluding tert-OH is 2. The van der Waals surface area contributed by atoms with Crippen LogP contribution in [0.15, 0.2) is 0 Å². The zero-order valence-corrected chi connectivity index (χ0v) is 44.3. The van der Waals surface area contributed by atoms with Crippen LogP contribution in [0, 0.1) is 0 Å². The van der Waals surface area contributed by atoms with Gasteiger partial charge in [0, 0.05) is 37.3 Å². The predicted molar refractivity (Wildman–Crippen MR) is 278 cm³/mol. The van der Waals surface area contributed by atoms with E-state index >= 15 is 0 Å². The summed E-state index contributed by atoms with van der Waals surface area (Å²) in [7, 11) is 0. The van der Waals surface area contributed by atoms with E-state index in [0.717, 1.165) is 44.9 Å². The van der Waals surface area contributed by atoms with Crippen molar-refractivity contribution in [2.24, 2.45) is 11.5 Å². The number of carbonyl (C=O) groups is 7. The maximum Gasteiger partial charge on any atom is 0.306 e. The average molecular weight is 1020 g/mol. The summed E-state index contributed by atoms with van der Waals surface area (Å²) in [4.78, 5) is 86.7. The van der Waals surface area contributed by atoms with Crippen molar-refractivity contribution in [2.75, 3.05) is 44.4 Å². The van der Waals surface area contributed by atoms with E-state index in [-0.39, 0.29) is 68.3 Å². The van der Waals surface area contributed by atoms with Gasteiger partial charge < -0.3 is 52.4 Å². The lowest BCUT2D eigenvalue weighted by atomic mass is 10.0. The second kappa shape index (κ2) is 47.8. The molecule has 0 aromatic carbocycles. The number of thioether (sulfide) groups is 1. The minimum absolute atomic E-state index is 0.0468. The van der Waals surface area contributed by atoms with Crippen LogP contribution >= 0.6 is 11.8 Å². The first kappa shape index (κ1) is 66.5. The second-order valence-electron chi connectivity index (χ2n) is 18.8. The molecule has 0 aliphatic heterocycles. The molecule has 0 radical (unpaired) electrons. The monoisotopic (exact) mass is 1010 g/mol. The standard InChI is InChI=1S/C52H98N6O11S/c1-3-5-7-9-11-13-15-17-19-21-23-25-29-33-48(63)68-39-42(69-49(64)34-30-26-24-22-20-18-16-14-12-10-8-6-4-2)40-70-41-43(53)50(65)57-45(38-60)52(67)58-44(37-59)51(66)55-35-31-27-28-32-47(62)56-36-46(54)61/h42-45,59-60H,3-41,53H2,1-2H3,(H2,54,61)(H,55,66)(H,56,62)(H,57,65)(H,58,67). The molecule has 0 aromatic rings. The maximum atomic E-state index is 13.0. The Morgan fingerprint density at radius 2 is 0.914 bits per heavy atom. The Morgan fingerprint density at radius 1 is 0.500 bits per heavy atom. The Morgan fingerprint density at radius 3 is 1.39 bits per heavy atom. The van der Waals surface area contributed by atoms with E-state index in [1.807, 2.05) is 0 Å². The van der Waals surface area contributed by atoms with Crippen LogP contribution in [-0.2, 0) is 43.0 Å². The van der Waals surface area contributed by atoms with Gasteiger partial charge in [0.2, 0.25) is 29.5 Å². The Labute approximate surface area is 425 Å². The molecular weight excluding hydrogens is 917 g/mol. The number of nitrogens with one attached hydrogen (secondary N) is 4. The zero-order valence-electron chi connectivity index (χ0n) is 43.5. The Kier molecular flexibility index (Phi) is 45.4. The quantitative estimate of drug-likeness (QED) is 0.0233. The summed E-state index contributed by atoms with van der Waals surface area (Å²) in [6.07, 6.45) is 32.6. The molecule has 0 saturated carbocycles. The van der Waals surface area contributed by atoms with Gasteiger partial charge in [-0.2, -0.15) is 11.8 Å². The number of nitrogens with two attached hydrogens (primary N) is 2. The van der Waals surface area contributed by atoms with Crippen molar-refractivity contribution in [2.45, 2.75) is 244 Å². The fourth-order valence-electron chi connectivity index (χ4n) is 7.73. The molecule has 0 aromatic heterocycles. The summed E-state index contributed by atoms with van der Waals surface area (Å²) < 4.78 is 11.3. The van der Waals surface area contributed by atoms with Gasteiger partial charge >= 0.3 is 11.9 Å². The number of ether oxygens (including phenoxy) is 2. The molecule has 0 rings (SSSR count). The molecule has 18 heteroatoms. The fraction of sp³-hybridized carbons (Fsp3) is 0.865. The lowest BCUT2D eigenvalue weighted by Gasteiger charge is -2.22. The van der Waals surface area contributed by atoms with E-state index in [9.17, 15) is 43.8 Å². The number of primary amides is 1. The van der Waals surface area contributed by atoms with Crippen molar-refractivity contribution in [3.8, 4) is 0 Å².